The van der Waals surface area contributed by atoms with Gasteiger partial charge in [0.25, 0.3) is 5.91 Å². The summed E-state index contributed by atoms with van der Waals surface area (Å²) in [6, 6.07) is 3.96. The van der Waals surface area contributed by atoms with E-state index >= 15 is 0 Å². The third kappa shape index (κ3) is 5.28. The fourth-order valence-corrected chi connectivity index (χ4v) is 4.29. The predicted octanol–water partition coefficient (Wildman–Crippen LogP) is 2.14. The molecule has 0 aliphatic heterocycles. The zero-order valence-electron chi connectivity index (χ0n) is 17.5. The molecule has 2 aliphatic rings. The molecule has 0 saturated heterocycles. The number of esters is 3. The van der Waals surface area contributed by atoms with Crippen LogP contribution in [0.1, 0.15) is 52.8 Å². The first-order valence-corrected chi connectivity index (χ1v) is 10.1. The van der Waals surface area contributed by atoms with Gasteiger partial charge >= 0.3 is 17.9 Å². The molecular weight excluding hydrogens is 406 g/mol. The van der Waals surface area contributed by atoms with Gasteiger partial charge < -0.3 is 19.5 Å². The van der Waals surface area contributed by atoms with E-state index in [4.69, 9.17) is 4.74 Å². The summed E-state index contributed by atoms with van der Waals surface area (Å²) in [5.41, 5.74) is 0.259. The van der Waals surface area contributed by atoms with E-state index in [9.17, 15) is 24.0 Å². The number of hydrogen-bond donors (Lipinski definition) is 1. The van der Waals surface area contributed by atoms with Gasteiger partial charge in [-0.05, 0) is 43.9 Å². The molecule has 9 heteroatoms. The molecule has 0 spiro atoms. The van der Waals surface area contributed by atoms with Crippen molar-refractivity contribution in [2.24, 2.45) is 17.8 Å². The minimum Gasteiger partial charge on any atom is -0.465 e. The van der Waals surface area contributed by atoms with E-state index in [1.54, 1.807) is 0 Å². The van der Waals surface area contributed by atoms with Crippen molar-refractivity contribution in [2.75, 3.05) is 26.1 Å². The molecule has 3 rings (SSSR count). The van der Waals surface area contributed by atoms with Gasteiger partial charge in [0.2, 0.25) is 0 Å². The molecule has 2 bridgehead atoms. The van der Waals surface area contributed by atoms with Gasteiger partial charge in [-0.25, -0.2) is 9.59 Å². The number of fused-ring (bicyclic) bond motifs is 2. The highest BCUT2D eigenvalue weighted by molar-refractivity contribution is 6.00. The van der Waals surface area contributed by atoms with E-state index < -0.39 is 30.4 Å². The maximum absolute atomic E-state index is 12.4. The number of anilines is 1. The van der Waals surface area contributed by atoms with Crippen LogP contribution in [-0.2, 0) is 28.6 Å². The van der Waals surface area contributed by atoms with E-state index in [-0.39, 0.29) is 40.4 Å². The largest absolute Gasteiger partial charge is 0.465 e. The Balaban J connectivity index is 1.60. The van der Waals surface area contributed by atoms with Gasteiger partial charge in [-0.1, -0.05) is 6.42 Å². The molecule has 9 nitrogen and oxygen atoms in total. The van der Waals surface area contributed by atoms with Gasteiger partial charge in [0.15, 0.2) is 6.61 Å². The van der Waals surface area contributed by atoms with E-state index in [2.05, 4.69) is 14.8 Å². The van der Waals surface area contributed by atoms with E-state index in [1.807, 2.05) is 0 Å². The van der Waals surface area contributed by atoms with Crippen LogP contribution in [0.2, 0.25) is 0 Å². The van der Waals surface area contributed by atoms with Gasteiger partial charge in [0.1, 0.15) is 5.78 Å². The van der Waals surface area contributed by atoms with E-state index in [0.29, 0.717) is 12.8 Å². The molecule has 2 unspecified atom stereocenters. The first kappa shape index (κ1) is 22.5. The summed E-state index contributed by atoms with van der Waals surface area (Å²) in [6.07, 6.45) is 3.56. The molecule has 2 atom stereocenters. The van der Waals surface area contributed by atoms with Gasteiger partial charge in [-0.15, -0.1) is 0 Å². The standard InChI is InChI=1S/C22H25NO8/c1-29-20(26)15-8-16(21(27)30-2)10-17(9-15)23-18(24)11-31-22(28)14-6-12-4-3-5-13(7-14)19(12)25/h8-10,12-14H,3-7,11H2,1-2H3,(H,23,24). The number of amides is 1. The average Bonchev–Trinajstić information content (AvgIpc) is 2.75. The lowest BCUT2D eigenvalue weighted by Gasteiger charge is -2.36. The van der Waals surface area contributed by atoms with Crippen LogP contribution < -0.4 is 5.32 Å². The number of methoxy groups -OCH3 is 2. The summed E-state index contributed by atoms with van der Waals surface area (Å²) in [5, 5.41) is 2.50. The summed E-state index contributed by atoms with van der Waals surface area (Å²) < 4.78 is 14.5. The third-order valence-corrected chi connectivity index (χ3v) is 5.79. The van der Waals surface area contributed by atoms with Gasteiger partial charge in [-0.3, -0.25) is 14.4 Å². The average molecular weight is 431 g/mol. The predicted molar refractivity (Wildman–Crippen MR) is 107 cm³/mol. The van der Waals surface area contributed by atoms with Gasteiger partial charge in [0, 0.05) is 17.5 Å². The number of hydrogen-bond acceptors (Lipinski definition) is 8. The lowest BCUT2D eigenvalue weighted by Crippen LogP contribution is -2.40. The van der Waals surface area contributed by atoms with Crippen LogP contribution in [-0.4, -0.2) is 50.4 Å². The van der Waals surface area contributed by atoms with Crippen LogP contribution in [0.15, 0.2) is 18.2 Å². The summed E-state index contributed by atoms with van der Waals surface area (Å²) in [7, 11) is 2.38. The molecular formula is C22H25NO8. The third-order valence-electron chi connectivity index (χ3n) is 5.79. The zero-order valence-corrected chi connectivity index (χ0v) is 17.5. The number of rotatable bonds is 6. The SMILES string of the molecule is COC(=O)c1cc(NC(=O)COC(=O)C2CC3CCCC(C2)C3=O)cc(C(=O)OC)c1. The Bertz CT molecular complexity index is 859. The number of nitrogens with one attached hydrogen (secondary N) is 1. The van der Waals surface area contributed by atoms with Crippen molar-refractivity contribution >= 4 is 35.3 Å². The highest BCUT2D eigenvalue weighted by Crippen LogP contribution is 2.40. The Hall–Kier alpha value is -3.23. The van der Waals surface area contributed by atoms with Crippen molar-refractivity contribution in [1.82, 2.24) is 0 Å². The highest BCUT2D eigenvalue weighted by atomic mass is 16.5. The quantitative estimate of drug-likeness (QED) is 0.536. The van der Waals surface area contributed by atoms with Crippen LogP contribution in [0.3, 0.4) is 0 Å². The molecule has 1 amide bonds. The summed E-state index contributed by atoms with van der Waals surface area (Å²) >= 11 is 0. The Morgan fingerprint density at radius 3 is 2.00 bits per heavy atom. The Kier molecular flexibility index (Phi) is 7.04. The molecule has 1 aromatic carbocycles. The summed E-state index contributed by atoms with van der Waals surface area (Å²) in [4.78, 5) is 60.5. The number of carbonyl (C=O) groups excluding carboxylic acids is 5. The van der Waals surface area contributed by atoms with Crippen molar-refractivity contribution in [3.8, 4) is 0 Å². The number of carbonyl (C=O) groups is 5. The fourth-order valence-electron chi connectivity index (χ4n) is 4.29. The minimum atomic E-state index is -0.690. The Labute approximate surface area is 179 Å². The normalized spacial score (nSPS) is 22.3. The zero-order chi connectivity index (χ0) is 22.5. The molecule has 2 aliphatic carbocycles. The maximum atomic E-state index is 12.4. The summed E-state index contributed by atoms with van der Waals surface area (Å²) in [6.45, 7) is -0.519. The van der Waals surface area contributed by atoms with Crippen LogP contribution in [0.5, 0.6) is 0 Å². The fraction of sp³-hybridized carbons (Fsp3) is 0.500. The van der Waals surface area contributed by atoms with Crippen LogP contribution in [0.25, 0.3) is 0 Å². The van der Waals surface area contributed by atoms with Crippen molar-refractivity contribution < 1.29 is 38.2 Å². The second kappa shape index (κ2) is 9.72. The topological polar surface area (TPSA) is 125 Å². The van der Waals surface area contributed by atoms with Crippen molar-refractivity contribution in [1.29, 1.82) is 0 Å². The smallest absolute Gasteiger partial charge is 0.337 e. The minimum absolute atomic E-state index is 0.0520. The second-order valence-electron chi connectivity index (χ2n) is 7.83. The first-order valence-electron chi connectivity index (χ1n) is 10.1. The van der Waals surface area contributed by atoms with Crippen LogP contribution >= 0.6 is 0 Å². The van der Waals surface area contributed by atoms with Crippen LogP contribution in [0.4, 0.5) is 5.69 Å². The molecule has 31 heavy (non-hydrogen) atoms. The molecule has 1 N–H and O–H groups in total. The van der Waals surface area contributed by atoms with Crippen molar-refractivity contribution in [3.05, 3.63) is 29.3 Å². The molecule has 2 fully saturated rings. The summed E-state index contributed by atoms with van der Waals surface area (Å²) in [5.74, 6) is -2.80. The molecule has 0 radical (unpaired) electrons. The first-order chi connectivity index (χ1) is 14.8. The number of Topliss-reactive ketones (excluding diaryl/α,β-unsaturated/α-hetero) is 1. The van der Waals surface area contributed by atoms with Crippen molar-refractivity contribution in [3.63, 3.8) is 0 Å². The molecule has 0 heterocycles. The van der Waals surface area contributed by atoms with E-state index in [1.165, 1.54) is 32.4 Å². The van der Waals surface area contributed by atoms with Gasteiger partial charge in [0.05, 0.1) is 31.3 Å². The molecule has 0 aromatic heterocycles. The lowest BCUT2D eigenvalue weighted by molar-refractivity contribution is -0.155. The van der Waals surface area contributed by atoms with Crippen LogP contribution in [0, 0.1) is 17.8 Å². The maximum Gasteiger partial charge on any atom is 0.337 e. The van der Waals surface area contributed by atoms with Crippen molar-refractivity contribution in [2.45, 2.75) is 32.1 Å². The second-order valence-corrected chi connectivity index (χ2v) is 7.83. The number of benzene rings is 1. The van der Waals surface area contributed by atoms with E-state index in [0.717, 1.165) is 19.3 Å². The molecule has 1 aromatic rings. The number of ketones is 1. The molecule has 166 valence electrons. The Morgan fingerprint density at radius 2 is 1.48 bits per heavy atom. The highest BCUT2D eigenvalue weighted by Gasteiger charge is 2.41. The Morgan fingerprint density at radius 1 is 0.935 bits per heavy atom. The lowest BCUT2D eigenvalue weighted by atomic mass is 9.67. The molecule has 2 saturated carbocycles. The van der Waals surface area contributed by atoms with Gasteiger partial charge in [-0.2, -0.15) is 0 Å². The number of ether oxygens (including phenoxy) is 3. The monoisotopic (exact) mass is 431 g/mol.